The highest BCUT2D eigenvalue weighted by Crippen LogP contribution is 2.25. The number of imidazole rings is 1. The highest BCUT2D eigenvalue weighted by Gasteiger charge is 2.36. The van der Waals surface area contributed by atoms with E-state index in [1.165, 1.54) is 4.90 Å². The molecule has 4 heterocycles. The van der Waals surface area contributed by atoms with Crippen LogP contribution in [0.1, 0.15) is 58.9 Å². The van der Waals surface area contributed by atoms with Crippen molar-refractivity contribution in [2.24, 2.45) is 0 Å². The van der Waals surface area contributed by atoms with Crippen LogP contribution in [0.5, 0.6) is 0 Å². The van der Waals surface area contributed by atoms with E-state index in [1.54, 1.807) is 7.05 Å². The van der Waals surface area contributed by atoms with E-state index in [1.807, 2.05) is 9.47 Å². The summed E-state index contributed by atoms with van der Waals surface area (Å²) in [4.78, 5) is 33.8. The van der Waals surface area contributed by atoms with Crippen LogP contribution in [0.3, 0.4) is 0 Å². The van der Waals surface area contributed by atoms with Gasteiger partial charge >= 0.3 is 0 Å². The fourth-order valence-corrected chi connectivity index (χ4v) is 6.13. The maximum absolute atomic E-state index is 13.1. The molecule has 9 heteroatoms. The molecule has 148 valence electrons. The molecule has 2 amide bonds. The summed E-state index contributed by atoms with van der Waals surface area (Å²) in [5, 5.41) is 0. The molecule has 2 saturated heterocycles. The maximum atomic E-state index is 13.1. The second kappa shape index (κ2) is 6.92. The molecule has 2 fully saturated rings. The minimum Gasteiger partial charge on any atom is -0.336 e. The van der Waals surface area contributed by atoms with E-state index in [0.717, 1.165) is 50.9 Å². The summed E-state index contributed by atoms with van der Waals surface area (Å²) in [5.74, 6) is 0.117. The smallest absolute Gasteiger partial charge is 0.289 e. The molecular formula is C18H26N4O4S. The lowest BCUT2D eigenvalue weighted by molar-refractivity contribution is 0.0740. The number of carbonyl (C=O) groups is 2. The van der Waals surface area contributed by atoms with E-state index >= 15 is 0 Å². The van der Waals surface area contributed by atoms with Gasteiger partial charge in [-0.3, -0.25) is 9.59 Å². The molecule has 3 aliphatic rings. The molecule has 8 nitrogen and oxygen atoms in total. The Hall–Kier alpha value is -1.90. The zero-order valence-corrected chi connectivity index (χ0v) is 16.5. The van der Waals surface area contributed by atoms with Gasteiger partial charge in [-0.2, -0.15) is 0 Å². The number of likely N-dealkylation sites (tertiary alicyclic amines) is 1. The minimum absolute atomic E-state index is 0.00481. The molecule has 0 saturated carbocycles. The normalized spacial score (nSPS) is 24.0. The average Bonchev–Trinajstić information content (AvgIpc) is 3.38. The van der Waals surface area contributed by atoms with Gasteiger partial charge in [0.2, 0.25) is 0 Å². The van der Waals surface area contributed by atoms with Crippen LogP contribution in [0, 0.1) is 0 Å². The molecule has 0 aliphatic carbocycles. The Morgan fingerprint density at radius 2 is 1.81 bits per heavy atom. The summed E-state index contributed by atoms with van der Waals surface area (Å²) in [5.41, 5.74) is 1.14. The monoisotopic (exact) mass is 394 g/mol. The molecule has 3 aliphatic heterocycles. The number of amides is 2. The Bertz CT molecular complexity index is 870. The molecule has 0 bridgehead atoms. The SMILES string of the molecule is CN(C(=O)c1nc(C(=O)N2CCCC2)n2c1CCCC2)C1CCS(=O)(=O)C1. The molecule has 0 radical (unpaired) electrons. The molecule has 1 atom stereocenters. The molecule has 27 heavy (non-hydrogen) atoms. The Kier molecular flexibility index (Phi) is 4.73. The summed E-state index contributed by atoms with van der Waals surface area (Å²) >= 11 is 0. The van der Waals surface area contributed by atoms with Crippen LogP contribution < -0.4 is 0 Å². The quantitative estimate of drug-likeness (QED) is 0.753. The second-order valence-electron chi connectivity index (χ2n) is 7.81. The van der Waals surface area contributed by atoms with Gasteiger partial charge in [-0.15, -0.1) is 0 Å². The lowest BCUT2D eigenvalue weighted by atomic mass is 10.1. The third kappa shape index (κ3) is 3.37. The van der Waals surface area contributed by atoms with Crippen LogP contribution >= 0.6 is 0 Å². The van der Waals surface area contributed by atoms with Gasteiger partial charge in [0.1, 0.15) is 5.69 Å². The van der Waals surface area contributed by atoms with Crippen molar-refractivity contribution in [3.05, 3.63) is 17.2 Å². The summed E-state index contributed by atoms with van der Waals surface area (Å²) in [6, 6.07) is -0.318. The van der Waals surface area contributed by atoms with Gasteiger partial charge in [0.05, 0.1) is 17.2 Å². The number of sulfone groups is 1. The van der Waals surface area contributed by atoms with Crippen molar-refractivity contribution in [3.8, 4) is 0 Å². The van der Waals surface area contributed by atoms with Crippen molar-refractivity contribution in [1.82, 2.24) is 19.4 Å². The lowest BCUT2D eigenvalue weighted by Gasteiger charge is -2.24. The van der Waals surface area contributed by atoms with Gasteiger partial charge in [-0.1, -0.05) is 0 Å². The van der Waals surface area contributed by atoms with Crippen LogP contribution in [0.4, 0.5) is 0 Å². The zero-order valence-electron chi connectivity index (χ0n) is 15.7. The molecule has 1 aromatic rings. The van der Waals surface area contributed by atoms with Crippen LogP contribution in [-0.2, 0) is 22.8 Å². The summed E-state index contributed by atoms with van der Waals surface area (Å²) in [6.07, 6.45) is 5.12. The largest absolute Gasteiger partial charge is 0.336 e. The van der Waals surface area contributed by atoms with Crippen LogP contribution in [0.25, 0.3) is 0 Å². The van der Waals surface area contributed by atoms with Crippen molar-refractivity contribution in [1.29, 1.82) is 0 Å². The first kappa shape index (κ1) is 18.5. The van der Waals surface area contributed by atoms with Crippen molar-refractivity contribution < 1.29 is 18.0 Å². The fraction of sp³-hybridized carbons (Fsp3) is 0.722. The van der Waals surface area contributed by atoms with Gasteiger partial charge in [0.25, 0.3) is 11.8 Å². The molecule has 0 aromatic carbocycles. The number of carbonyl (C=O) groups excluding carboxylic acids is 2. The minimum atomic E-state index is -3.07. The van der Waals surface area contributed by atoms with E-state index in [4.69, 9.17) is 0 Å². The third-order valence-corrected chi connectivity index (χ3v) is 7.73. The molecule has 0 spiro atoms. The van der Waals surface area contributed by atoms with Gasteiger partial charge in [-0.05, 0) is 38.5 Å². The third-order valence-electron chi connectivity index (χ3n) is 5.98. The number of hydrogen-bond acceptors (Lipinski definition) is 5. The number of rotatable bonds is 3. The van der Waals surface area contributed by atoms with Gasteiger partial charge in [0.15, 0.2) is 15.7 Å². The van der Waals surface area contributed by atoms with Gasteiger partial charge < -0.3 is 14.4 Å². The van der Waals surface area contributed by atoms with E-state index in [2.05, 4.69) is 4.98 Å². The van der Waals surface area contributed by atoms with Crippen LogP contribution in [0.2, 0.25) is 0 Å². The predicted molar refractivity (Wildman–Crippen MR) is 99.5 cm³/mol. The highest BCUT2D eigenvalue weighted by atomic mass is 32.2. The lowest BCUT2D eigenvalue weighted by Crippen LogP contribution is -2.38. The highest BCUT2D eigenvalue weighted by molar-refractivity contribution is 7.91. The Balaban J connectivity index is 1.64. The second-order valence-corrected chi connectivity index (χ2v) is 10.0. The standard InChI is InChI=1S/C18H26N4O4S/c1-20(13-7-11-27(25,26)12-13)17(23)15-14-6-2-3-10-22(14)16(19-15)18(24)21-8-4-5-9-21/h13H,2-12H2,1H3. The van der Waals surface area contributed by atoms with E-state index in [9.17, 15) is 18.0 Å². The number of fused-ring (bicyclic) bond motifs is 1. The first-order valence-electron chi connectivity index (χ1n) is 9.73. The predicted octanol–water partition coefficient (Wildman–Crippen LogP) is 0.715. The van der Waals surface area contributed by atoms with Gasteiger partial charge in [-0.25, -0.2) is 13.4 Å². The average molecular weight is 394 g/mol. The molecule has 0 N–H and O–H groups in total. The Labute approximate surface area is 159 Å². The first-order valence-corrected chi connectivity index (χ1v) is 11.6. The van der Waals surface area contributed by atoms with E-state index in [-0.39, 0.29) is 29.4 Å². The summed E-state index contributed by atoms with van der Waals surface area (Å²) in [7, 11) is -1.43. The van der Waals surface area contributed by atoms with Crippen LogP contribution in [-0.4, -0.2) is 77.3 Å². The van der Waals surface area contributed by atoms with Crippen molar-refractivity contribution in [3.63, 3.8) is 0 Å². The van der Waals surface area contributed by atoms with E-state index < -0.39 is 9.84 Å². The molecular weight excluding hydrogens is 368 g/mol. The Morgan fingerprint density at radius 3 is 2.48 bits per heavy atom. The number of aromatic nitrogens is 2. The number of nitrogens with zero attached hydrogens (tertiary/aromatic N) is 4. The first-order chi connectivity index (χ1) is 12.9. The van der Waals surface area contributed by atoms with Crippen molar-refractivity contribution in [2.75, 3.05) is 31.6 Å². The zero-order chi connectivity index (χ0) is 19.2. The number of hydrogen-bond donors (Lipinski definition) is 0. The Morgan fingerprint density at radius 1 is 1.11 bits per heavy atom. The molecule has 4 rings (SSSR count). The van der Waals surface area contributed by atoms with Crippen molar-refractivity contribution in [2.45, 2.75) is 51.1 Å². The topological polar surface area (TPSA) is 92.6 Å². The molecule has 1 unspecified atom stereocenters. The van der Waals surface area contributed by atoms with E-state index in [0.29, 0.717) is 24.5 Å². The molecule has 1 aromatic heterocycles. The van der Waals surface area contributed by atoms with Crippen molar-refractivity contribution >= 4 is 21.7 Å². The summed E-state index contributed by atoms with van der Waals surface area (Å²) < 4.78 is 25.5. The maximum Gasteiger partial charge on any atom is 0.289 e. The van der Waals surface area contributed by atoms with Crippen LogP contribution in [0.15, 0.2) is 0 Å². The fourth-order valence-electron chi connectivity index (χ4n) is 4.35. The van der Waals surface area contributed by atoms with Gasteiger partial charge in [0, 0.05) is 32.7 Å². The summed E-state index contributed by atoms with van der Waals surface area (Å²) in [6.45, 7) is 2.18.